The summed E-state index contributed by atoms with van der Waals surface area (Å²) in [6.07, 6.45) is 3.82. The minimum atomic E-state index is -1.27. The van der Waals surface area contributed by atoms with Gasteiger partial charge in [-0.15, -0.1) is 0 Å². The number of nitrogens with one attached hydrogen (secondary N) is 1. The van der Waals surface area contributed by atoms with E-state index in [0.29, 0.717) is 24.0 Å². The van der Waals surface area contributed by atoms with Gasteiger partial charge in [-0.1, -0.05) is 25.5 Å². The molecule has 1 unspecified atom stereocenters. The molecule has 0 fully saturated rings. The number of carboxylic acid groups (broad SMARTS) is 1. The molecule has 0 aromatic heterocycles. The average molecular weight is 286 g/mol. The van der Waals surface area contributed by atoms with Crippen molar-refractivity contribution in [2.75, 3.05) is 0 Å². The van der Waals surface area contributed by atoms with Crippen molar-refractivity contribution in [3.05, 3.63) is 41.5 Å². The fourth-order valence-corrected chi connectivity index (χ4v) is 1.92. The van der Waals surface area contributed by atoms with Gasteiger partial charge in [0.25, 0.3) is 0 Å². The Morgan fingerprint density at radius 1 is 1.48 bits per heavy atom. The van der Waals surface area contributed by atoms with Crippen molar-refractivity contribution < 1.29 is 14.7 Å². The summed E-state index contributed by atoms with van der Waals surface area (Å²) >= 11 is 0. The second-order valence-corrected chi connectivity index (χ2v) is 4.95. The Labute approximate surface area is 123 Å². The molecule has 1 amide bonds. The molecule has 5 nitrogen and oxygen atoms in total. The highest BCUT2D eigenvalue weighted by atomic mass is 16.4. The van der Waals surface area contributed by atoms with E-state index < -0.39 is 17.4 Å². The van der Waals surface area contributed by atoms with Crippen LogP contribution < -0.4 is 5.32 Å². The summed E-state index contributed by atoms with van der Waals surface area (Å²) in [5.74, 6) is -1.53. The van der Waals surface area contributed by atoms with E-state index in [1.54, 1.807) is 30.3 Å². The largest absolute Gasteiger partial charge is 0.480 e. The van der Waals surface area contributed by atoms with E-state index in [1.807, 2.05) is 13.0 Å². The third kappa shape index (κ3) is 4.77. The molecule has 1 atom stereocenters. The third-order valence-electron chi connectivity index (χ3n) is 3.06. The van der Waals surface area contributed by atoms with Gasteiger partial charge in [-0.25, -0.2) is 4.79 Å². The maximum Gasteiger partial charge on any atom is 0.329 e. The third-order valence-corrected chi connectivity index (χ3v) is 3.06. The van der Waals surface area contributed by atoms with E-state index in [2.05, 4.69) is 5.32 Å². The van der Waals surface area contributed by atoms with Crippen LogP contribution in [0.15, 0.2) is 30.3 Å². The number of amides is 1. The first-order chi connectivity index (χ1) is 9.91. The zero-order valence-electron chi connectivity index (χ0n) is 12.1. The standard InChI is InChI=1S/C16H18N2O3/c1-3-9-16(2,15(20)21)18-14(19)8-7-12-5-4-6-13(10-12)11-17/h4-8,10H,3,9H2,1-2H3,(H,18,19)(H,20,21)/b8-7+. The molecule has 110 valence electrons. The van der Waals surface area contributed by atoms with Crippen LogP contribution in [0.5, 0.6) is 0 Å². The summed E-state index contributed by atoms with van der Waals surface area (Å²) < 4.78 is 0. The number of hydrogen-bond donors (Lipinski definition) is 2. The number of benzene rings is 1. The number of carbonyl (C=O) groups excluding carboxylic acids is 1. The molecule has 0 aliphatic heterocycles. The molecule has 0 heterocycles. The first-order valence-electron chi connectivity index (χ1n) is 6.65. The van der Waals surface area contributed by atoms with E-state index in [0.717, 1.165) is 0 Å². The number of nitriles is 1. The highest BCUT2D eigenvalue weighted by Crippen LogP contribution is 2.13. The smallest absolute Gasteiger partial charge is 0.329 e. The predicted molar refractivity (Wildman–Crippen MR) is 79.3 cm³/mol. The van der Waals surface area contributed by atoms with Crippen LogP contribution in [0, 0.1) is 11.3 Å². The van der Waals surface area contributed by atoms with E-state index in [1.165, 1.54) is 13.0 Å². The molecule has 0 saturated heterocycles. The number of hydrogen-bond acceptors (Lipinski definition) is 3. The predicted octanol–water partition coefficient (Wildman–Crippen LogP) is 2.33. The lowest BCUT2D eigenvalue weighted by Gasteiger charge is -2.24. The summed E-state index contributed by atoms with van der Waals surface area (Å²) in [7, 11) is 0. The molecule has 0 radical (unpaired) electrons. The Balaban J connectivity index is 2.78. The molecule has 21 heavy (non-hydrogen) atoms. The van der Waals surface area contributed by atoms with Gasteiger partial charge in [0.1, 0.15) is 5.54 Å². The van der Waals surface area contributed by atoms with Crippen molar-refractivity contribution in [1.82, 2.24) is 5.32 Å². The van der Waals surface area contributed by atoms with Crippen molar-refractivity contribution in [2.24, 2.45) is 0 Å². The van der Waals surface area contributed by atoms with Gasteiger partial charge in [0.2, 0.25) is 5.91 Å². The van der Waals surface area contributed by atoms with Gasteiger partial charge in [0.05, 0.1) is 11.6 Å². The van der Waals surface area contributed by atoms with Crippen molar-refractivity contribution in [1.29, 1.82) is 5.26 Å². The first kappa shape index (κ1) is 16.4. The summed E-state index contributed by atoms with van der Waals surface area (Å²) in [5, 5.41) is 20.5. The normalized spacial score (nSPS) is 13.4. The molecular formula is C16H18N2O3. The Kier molecular flexibility index (Phi) is 5.67. The molecule has 0 saturated carbocycles. The van der Waals surface area contributed by atoms with E-state index in [9.17, 15) is 14.7 Å². The van der Waals surface area contributed by atoms with Crippen LogP contribution >= 0.6 is 0 Å². The maximum absolute atomic E-state index is 11.8. The zero-order chi connectivity index (χ0) is 15.9. The summed E-state index contributed by atoms with van der Waals surface area (Å²) in [4.78, 5) is 23.1. The zero-order valence-corrected chi connectivity index (χ0v) is 12.1. The highest BCUT2D eigenvalue weighted by Gasteiger charge is 2.33. The molecule has 2 N–H and O–H groups in total. The fourth-order valence-electron chi connectivity index (χ4n) is 1.92. The van der Waals surface area contributed by atoms with Crippen LogP contribution in [0.3, 0.4) is 0 Å². The van der Waals surface area contributed by atoms with Crippen molar-refractivity contribution in [3.8, 4) is 6.07 Å². The van der Waals surface area contributed by atoms with Crippen LogP contribution in [0.1, 0.15) is 37.8 Å². The van der Waals surface area contributed by atoms with Crippen molar-refractivity contribution in [2.45, 2.75) is 32.2 Å². The van der Waals surface area contributed by atoms with E-state index >= 15 is 0 Å². The Morgan fingerprint density at radius 3 is 2.76 bits per heavy atom. The van der Waals surface area contributed by atoms with Crippen LogP contribution in [-0.2, 0) is 9.59 Å². The second kappa shape index (κ2) is 7.25. The molecule has 1 aromatic rings. The van der Waals surface area contributed by atoms with Gasteiger partial charge in [-0.05, 0) is 37.1 Å². The SMILES string of the molecule is CCCC(C)(NC(=O)/C=C/c1cccc(C#N)c1)C(=O)O. The number of rotatable bonds is 6. The van der Waals surface area contributed by atoms with Crippen LogP contribution in [0.2, 0.25) is 0 Å². The molecule has 1 aromatic carbocycles. The fraction of sp³-hybridized carbons (Fsp3) is 0.312. The van der Waals surface area contributed by atoms with E-state index in [4.69, 9.17) is 5.26 Å². The number of carbonyl (C=O) groups is 2. The highest BCUT2D eigenvalue weighted by molar-refractivity contribution is 5.95. The van der Waals surface area contributed by atoms with Gasteiger partial charge in [-0.2, -0.15) is 5.26 Å². The molecular weight excluding hydrogens is 268 g/mol. The van der Waals surface area contributed by atoms with Gasteiger partial charge in [0, 0.05) is 6.08 Å². The number of aliphatic carboxylic acids is 1. The molecule has 1 rings (SSSR count). The van der Waals surface area contributed by atoms with Crippen LogP contribution in [0.4, 0.5) is 0 Å². The average Bonchev–Trinajstić information content (AvgIpc) is 2.45. The molecule has 5 heteroatoms. The minimum Gasteiger partial charge on any atom is -0.480 e. The van der Waals surface area contributed by atoms with Gasteiger partial charge in [0.15, 0.2) is 0 Å². The quantitative estimate of drug-likeness (QED) is 0.785. The topological polar surface area (TPSA) is 90.2 Å². The maximum atomic E-state index is 11.8. The number of carboxylic acids is 1. The minimum absolute atomic E-state index is 0.353. The second-order valence-electron chi connectivity index (χ2n) is 4.95. The number of nitrogens with zero attached hydrogens (tertiary/aromatic N) is 1. The van der Waals surface area contributed by atoms with Gasteiger partial charge < -0.3 is 10.4 Å². The van der Waals surface area contributed by atoms with E-state index in [-0.39, 0.29) is 0 Å². The van der Waals surface area contributed by atoms with Gasteiger partial charge in [-0.3, -0.25) is 4.79 Å². The summed E-state index contributed by atoms with van der Waals surface area (Å²) in [5.41, 5.74) is -0.0688. The molecule has 0 bridgehead atoms. The lowest BCUT2D eigenvalue weighted by molar-refractivity contribution is -0.146. The van der Waals surface area contributed by atoms with Crippen molar-refractivity contribution in [3.63, 3.8) is 0 Å². The monoisotopic (exact) mass is 286 g/mol. The summed E-state index contributed by atoms with van der Waals surface area (Å²) in [6.45, 7) is 3.34. The van der Waals surface area contributed by atoms with Crippen LogP contribution in [-0.4, -0.2) is 22.5 Å². The lowest BCUT2D eigenvalue weighted by Crippen LogP contribution is -2.51. The molecule has 0 aliphatic carbocycles. The Hall–Kier alpha value is -2.61. The Bertz CT molecular complexity index is 602. The molecule has 0 spiro atoms. The first-order valence-corrected chi connectivity index (χ1v) is 6.65. The van der Waals surface area contributed by atoms with Crippen LogP contribution in [0.25, 0.3) is 6.08 Å². The molecule has 0 aliphatic rings. The lowest BCUT2D eigenvalue weighted by atomic mass is 9.96. The summed E-state index contributed by atoms with van der Waals surface area (Å²) in [6, 6.07) is 8.80. The van der Waals surface area contributed by atoms with Crippen molar-refractivity contribution >= 4 is 18.0 Å². The van der Waals surface area contributed by atoms with Gasteiger partial charge >= 0.3 is 5.97 Å². The Morgan fingerprint density at radius 2 is 2.19 bits per heavy atom.